The molecule has 0 amide bonds. The summed E-state index contributed by atoms with van der Waals surface area (Å²) in [6, 6.07) is 0.292. The highest BCUT2D eigenvalue weighted by molar-refractivity contribution is 5.45. The van der Waals surface area contributed by atoms with Gasteiger partial charge in [-0.15, -0.1) is 0 Å². The van der Waals surface area contributed by atoms with E-state index in [1.807, 2.05) is 0 Å². The van der Waals surface area contributed by atoms with E-state index < -0.39 is 11.9 Å². The van der Waals surface area contributed by atoms with Gasteiger partial charge in [0, 0.05) is 57.7 Å². The molecule has 0 spiro atoms. The maximum absolute atomic E-state index is 13.2. The molecule has 2 aliphatic rings. The monoisotopic (exact) mass is 329 g/mol. The fourth-order valence-corrected chi connectivity index (χ4v) is 3.39. The summed E-state index contributed by atoms with van der Waals surface area (Å²) < 4.78 is 39.5. The van der Waals surface area contributed by atoms with Crippen LogP contribution in [0.2, 0.25) is 0 Å². The van der Waals surface area contributed by atoms with Crippen LogP contribution >= 0.6 is 0 Å². The third-order valence-electron chi connectivity index (χ3n) is 4.70. The molecule has 8 heteroatoms. The Morgan fingerprint density at radius 3 is 2.43 bits per heavy atom. The van der Waals surface area contributed by atoms with Gasteiger partial charge in [0.1, 0.15) is 0 Å². The number of hydrogen-bond acceptors (Lipinski definition) is 5. The Balaban J connectivity index is 1.74. The van der Waals surface area contributed by atoms with Crippen molar-refractivity contribution in [1.82, 2.24) is 19.8 Å². The van der Waals surface area contributed by atoms with Gasteiger partial charge in [0.05, 0.1) is 0 Å². The Hall–Kier alpha value is -1.41. The lowest BCUT2D eigenvalue weighted by Crippen LogP contribution is -2.54. The van der Waals surface area contributed by atoms with Crippen molar-refractivity contribution < 1.29 is 13.2 Å². The third-order valence-corrected chi connectivity index (χ3v) is 4.70. The van der Waals surface area contributed by atoms with Crippen LogP contribution in [0.15, 0.2) is 12.4 Å². The lowest BCUT2D eigenvalue weighted by Gasteiger charge is -2.43. The van der Waals surface area contributed by atoms with Gasteiger partial charge < -0.3 is 9.80 Å². The molecule has 0 bridgehead atoms. The molecule has 128 valence electrons. The maximum Gasteiger partial charge on any atom is 0.437 e. The third kappa shape index (κ3) is 3.74. The summed E-state index contributed by atoms with van der Waals surface area (Å²) in [5, 5.41) is 0. The van der Waals surface area contributed by atoms with Crippen LogP contribution in [-0.2, 0) is 6.18 Å². The molecular weight excluding hydrogens is 307 g/mol. The lowest BCUT2D eigenvalue weighted by molar-refractivity contribution is -0.140. The summed E-state index contributed by atoms with van der Waals surface area (Å²) in [4.78, 5) is 13.9. The minimum absolute atomic E-state index is 0.0289. The Labute approximate surface area is 134 Å². The second kappa shape index (κ2) is 6.60. The summed E-state index contributed by atoms with van der Waals surface area (Å²) in [5.41, 5.74) is -0.876. The second-order valence-corrected chi connectivity index (χ2v) is 6.31. The van der Waals surface area contributed by atoms with Crippen molar-refractivity contribution in [3.8, 4) is 0 Å². The fourth-order valence-electron chi connectivity index (χ4n) is 3.39. The number of hydrogen-bond donors (Lipinski definition) is 0. The first-order valence-electron chi connectivity index (χ1n) is 8.01. The van der Waals surface area contributed by atoms with Crippen molar-refractivity contribution in [3.05, 3.63) is 18.1 Å². The van der Waals surface area contributed by atoms with E-state index in [0.29, 0.717) is 19.1 Å². The zero-order valence-corrected chi connectivity index (χ0v) is 13.3. The highest BCUT2D eigenvalue weighted by Gasteiger charge is 2.39. The molecule has 0 radical (unpaired) electrons. The fraction of sp³-hybridized carbons (Fsp3) is 0.733. The molecule has 2 saturated heterocycles. The van der Waals surface area contributed by atoms with Crippen molar-refractivity contribution in [3.63, 3.8) is 0 Å². The predicted molar refractivity (Wildman–Crippen MR) is 81.3 cm³/mol. The number of piperazine rings is 1. The van der Waals surface area contributed by atoms with Gasteiger partial charge in [0.25, 0.3) is 0 Å². The largest absolute Gasteiger partial charge is 0.437 e. The van der Waals surface area contributed by atoms with Crippen LogP contribution in [-0.4, -0.2) is 72.1 Å². The molecule has 2 fully saturated rings. The van der Waals surface area contributed by atoms with E-state index in [2.05, 4.69) is 26.8 Å². The second-order valence-electron chi connectivity index (χ2n) is 6.31. The van der Waals surface area contributed by atoms with Crippen LogP contribution in [0.25, 0.3) is 0 Å². The van der Waals surface area contributed by atoms with Gasteiger partial charge in [0.2, 0.25) is 0 Å². The smallest absolute Gasteiger partial charge is 0.353 e. The van der Waals surface area contributed by atoms with E-state index in [4.69, 9.17) is 0 Å². The normalized spacial score (nSPS) is 24.9. The highest BCUT2D eigenvalue weighted by Crippen LogP contribution is 2.34. The summed E-state index contributed by atoms with van der Waals surface area (Å²) in [6.45, 7) is 5.16. The number of alkyl halides is 3. The molecule has 0 N–H and O–H groups in total. The van der Waals surface area contributed by atoms with Crippen molar-refractivity contribution in [2.75, 3.05) is 51.2 Å². The molecule has 0 saturated carbocycles. The van der Waals surface area contributed by atoms with Crippen molar-refractivity contribution in [1.29, 1.82) is 0 Å². The predicted octanol–water partition coefficient (Wildman–Crippen LogP) is 1.71. The Bertz CT molecular complexity index is 528. The van der Waals surface area contributed by atoms with Crippen molar-refractivity contribution >= 4 is 5.82 Å². The van der Waals surface area contributed by atoms with E-state index in [-0.39, 0.29) is 5.82 Å². The number of piperidine rings is 1. The minimum Gasteiger partial charge on any atom is -0.353 e. The molecule has 2 aliphatic heterocycles. The number of anilines is 1. The van der Waals surface area contributed by atoms with Crippen LogP contribution in [0.1, 0.15) is 18.5 Å². The molecule has 0 aliphatic carbocycles. The van der Waals surface area contributed by atoms with Gasteiger partial charge >= 0.3 is 6.18 Å². The van der Waals surface area contributed by atoms with E-state index in [0.717, 1.165) is 45.2 Å². The summed E-state index contributed by atoms with van der Waals surface area (Å²) in [5.74, 6) is -0.0289. The Morgan fingerprint density at radius 1 is 1.04 bits per heavy atom. The van der Waals surface area contributed by atoms with Crippen molar-refractivity contribution in [2.24, 2.45) is 0 Å². The van der Waals surface area contributed by atoms with E-state index >= 15 is 0 Å². The van der Waals surface area contributed by atoms with Crippen LogP contribution in [0.3, 0.4) is 0 Å². The van der Waals surface area contributed by atoms with Crippen LogP contribution in [0.5, 0.6) is 0 Å². The van der Waals surface area contributed by atoms with Gasteiger partial charge in [-0.3, -0.25) is 4.90 Å². The number of likely N-dealkylation sites (N-methyl/N-ethyl adjacent to an activating group) is 1. The maximum atomic E-state index is 13.2. The number of aromatic nitrogens is 2. The van der Waals surface area contributed by atoms with Crippen LogP contribution in [0.4, 0.5) is 19.0 Å². The first-order chi connectivity index (χ1) is 10.9. The standard InChI is InChI=1S/C15H22F3N5/c1-21-7-9-22(10-8-21)12-3-2-6-23(11-12)14-13(15(16,17)18)19-4-5-20-14/h4-5,12H,2-3,6-11H2,1H3. The Kier molecular flexibility index (Phi) is 4.72. The number of halogens is 3. The molecule has 5 nitrogen and oxygen atoms in total. The minimum atomic E-state index is -4.47. The van der Waals surface area contributed by atoms with E-state index in [1.54, 1.807) is 4.90 Å². The Morgan fingerprint density at radius 2 is 1.74 bits per heavy atom. The molecule has 3 rings (SSSR count). The highest BCUT2D eigenvalue weighted by atomic mass is 19.4. The molecule has 1 unspecified atom stereocenters. The summed E-state index contributed by atoms with van der Waals surface area (Å²) in [7, 11) is 2.10. The first-order valence-corrected chi connectivity index (χ1v) is 8.01. The molecule has 23 heavy (non-hydrogen) atoms. The lowest BCUT2D eigenvalue weighted by atomic mass is 10.0. The van der Waals surface area contributed by atoms with Crippen LogP contribution < -0.4 is 4.90 Å². The SMILES string of the molecule is CN1CCN(C2CCCN(c3nccnc3C(F)(F)F)C2)CC1. The molecular formula is C15H22F3N5. The quantitative estimate of drug-likeness (QED) is 0.825. The van der Waals surface area contributed by atoms with Gasteiger partial charge in [-0.2, -0.15) is 13.2 Å². The number of rotatable bonds is 2. The van der Waals surface area contributed by atoms with Gasteiger partial charge in [-0.1, -0.05) is 0 Å². The van der Waals surface area contributed by atoms with E-state index in [9.17, 15) is 13.2 Å². The van der Waals surface area contributed by atoms with E-state index in [1.165, 1.54) is 6.20 Å². The average molecular weight is 329 g/mol. The number of nitrogens with zero attached hydrogens (tertiary/aromatic N) is 5. The molecule has 1 aromatic rings. The zero-order valence-electron chi connectivity index (χ0n) is 13.3. The van der Waals surface area contributed by atoms with Crippen LogP contribution in [0, 0.1) is 0 Å². The first kappa shape index (κ1) is 16.4. The molecule has 1 atom stereocenters. The zero-order chi connectivity index (χ0) is 16.4. The van der Waals surface area contributed by atoms with Crippen molar-refractivity contribution in [2.45, 2.75) is 25.1 Å². The van der Waals surface area contributed by atoms with Gasteiger partial charge in [-0.05, 0) is 19.9 Å². The average Bonchev–Trinajstić information content (AvgIpc) is 2.55. The molecule has 1 aromatic heterocycles. The van der Waals surface area contributed by atoms with Gasteiger partial charge in [-0.25, -0.2) is 9.97 Å². The topological polar surface area (TPSA) is 35.5 Å². The molecule has 0 aromatic carbocycles. The molecule has 3 heterocycles. The summed E-state index contributed by atoms with van der Waals surface area (Å²) in [6.07, 6.45) is -0.116. The summed E-state index contributed by atoms with van der Waals surface area (Å²) >= 11 is 0. The van der Waals surface area contributed by atoms with Gasteiger partial charge in [0.15, 0.2) is 11.5 Å².